The van der Waals surface area contributed by atoms with Crippen LogP contribution in [0.2, 0.25) is 0 Å². The van der Waals surface area contributed by atoms with Crippen LogP contribution in [0.3, 0.4) is 0 Å². The van der Waals surface area contributed by atoms with E-state index < -0.39 is 11.9 Å². The zero-order chi connectivity index (χ0) is 20.6. The van der Waals surface area contributed by atoms with Crippen molar-refractivity contribution in [3.05, 3.63) is 59.4 Å². The van der Waals surface area contributed by atoms with E-state index in [2.05, 4.69) is 39.5 Å². The molecule has 2 aromatic rings. The number of hydrogen-bond acceptors (Lipinski definition) is 3. The Kier molecular flexibility index (Phi) is 5.23. The number of anilines is 1. The smallest absolute Gasteiger partial charge is 0.361 e. The molecule has 1 aromatic heterocycles. The first-order valence-corrected chi connectivity index (χ1v) is 10.00. The highest BCUT2D eigenvalue weighted by atomic mass is 19.4. The fourth-order valence-electron chi connectivity index (χ4n) is 4.22. The van der Waals surface area contributed by atoms with E-state index >= 15 is 0 Å². The highest BCUT2D eigenvalue weighted by molar-refractivity contribution is 5.73. The van der Waals surface area contributed by atoms with Gasteiger partial charge >= 0.3 is 6.18 Å². The van der Waals surface area contributed by atoms with Crippen molar-refractivity contribution in [2.75, 3.05) is 11.4 Å². The number of rotatable bonds is 4. The molecule has 1 aliphatic heterocycles. The van der Waals surface area contributed by atoms with Crippen LogP contribution in [0, 0.1) is 0 Å². The Balaban J connectivity index is 1.66. The van der Waals surface area contributed by atoms with Crippen LogP contribution < -0.4 is 10.2 Å². The summed E-state index contributed by atoms with van der Waals surface area (Å²) in [6, 6.07) is 10.7. The quantitative estimate of drug-likeness (QED) is 0.796. The number of piperidine rings is 1. The molecule has 0 radical (unpaired) electrons. The van der Waals surface area contributed by atoms with Gasteiger partial charge in [0, 0.05) is 13.5 Å². The van der Waals surface area contributed by atoms with Gasteiger partial charge in [-0.1, -0.05) is 24.3 Å². The molecule has 29 heavy (non-hydrogen) atoms. The number of aromatic nitrogens is 1. The number of amides is 1. The number of nitrogens with zero attached hydrogens (tertiary/aromatic N) is 2. The third-order valence-electron chi connectivity index (χ3n) is 5.72. The van der Waals surface area contributed by atoms with Crippen LogP contribution in [0.4, 0.5) is 18.9 Å². The number of carbonyl (C=O) groups excluding carboxylic acids is 1. The Hall–Kier alpha value is -2.57. The fraction of sp³-hybridized carbons (Fsp3) is 0.455. The van der Waals surface area contributed by atoms with Gasteiger partial charge in [-0.15, -0.1) is 0 Å². The maximum Gasteiger partial charge on any atom is 0.433 e. The van der Waals surface area contributed by atoms with Gasteiger partial charge in [0.15, 0.2) is 0 Å². The zero-order valence-electron chi connectivity index (χ0n) is 16.2. The Morgan fingerprint density at radius 2 is 1.76 bits per heavy atom. The molecular formula is C22H24F3N3O. The maximum absolute atomic E-state index is 12.9. The van der Waals surface area contributed by atoms with Gasteiger partial charge in [-0.25, -0.2) is 4.98 Å². The maximum atomic E-state index is 12.9. The van der Waals surface area contributed by atoms with Crippen molar-refractivity contribution in [1.29, 1.82) is 0 Å². The number of alkyl halides is 3. The summed E-state index contributed by atoms with van der Waals surface area (Å²) in [6.45, 7) is 2.18. The summed E-state index contributed by atoms with van der Waals surface area (Å²) < 4.78 is 38.7. The van der Waals surface area contributed by atoms with Gasteiger partial charge in [-0.3, -0.25) is 4.79 Å². The lowest BCUT2D eigenvalue weighted by Gasteiger charge is -2.43. The first-order valence-electron chi connectivity index (χ1n) is 10.00. The van der Waals surface area contributed by atoms with E-state index in [0.717, 1.165) is 24.5 Å². The summed E-state index contributed by atoms with van der Waals surface area (Å²) in [4.78, 5) is 17.5. The van der Waals surface area contributed by atoms with Gasteiger partial charge in [0.1, 0.15) is 5.69 Å². The number of pyridine rings is 1. The van der Waals surface area contributed by atoms with E-state index in [0.29, 0.717) is 18.2 Å². The predicted octanol–water partition coefficient (Wildman–Crippen LogP) is 4.82. The SMILES string of the molecule is CC(=O)N[C@@H]1CCCN(c2ccc(C(F)(F)F)nc2)[C@@H]1c1ccc(C2CC2)cc1. The van der Waals surface area contributed by atoms with Gasteiger partial charge < -0.3 is 10.2 Å². The molecule has 154 valence electrons. The molecule has 1 saturated carbocycles. The van der Waals surface area contributed by atoms with Crippen LogP contribution in [0.15, 0.2) is 42.6 Å². The number of nitrogens with one attached hydrogen (secondary N) is 1. The molecule has 0 unspecified atom stereocenters. The minimum atomic E-state index is -4.46. The fourth-order valence-corrected chi connectivity index (χ4v) is 4.22. The normalized spacial score (nSPS) is 22.4. The molecule has 2 heterocycles. The summed E-state index contributed by atoms with van der Waals surface area (Å²) in [5.41, 5.74) is 2.10. The lowest BCUT2D eigenvalue weighted by molar-refractivity contribution is -0.141. The molecule has 0 spiro atoms. The van der Waals surface area contributed by atoms with Gasteiger partial charge in [0.2, 0.25) is 5.91 Å². The van der Waals surface area contributed by atoms with Crippen LogP contribution in [0.5, 0.6) is 0 Å². The average molecular weight is 403 g/mol. The lowest BCUT2D eigenvalue weighted by atomic mass is 9.89. The zero-order valence-corrected chi connectivity index (χ0v) is 16.2. The Labute approximate surface area is 168 Å². The second kappa shape index (κ2) is 7.69. The molecule has 1 N–H and O–H groups in total. The van der Waals surface area contributed by atoms with Crippen molar-refractivity contribution in [2.24, 2.45) is 0 Å². The summed E-state index contributed by atoms with van der Waals surface area (Å²) in [5.74, 6) is 0.541. The molecule has 1 amide bonds. The standard InChI is InChI=1S/C22H24F3N3O/c1-14(29)27-19-3-2-12-28(18-10-11-20(26-13-18)22(23,24)25)21(19)17-8-6-16(7-9-17)15-4-5-15/h6-11,13,15,19,21H,2-5,12H2,1H3,(H,27,29)/t19-,21-/m1/s1. The third kappa shape index (κ3) is 4.38. The van der Waals surface area contributed by atoms with E-state index in [1.165, 1.54) is 37.6 Å². The molecule has 7 heteroatoms. The molecule has 0 bridgehead atoms. The molecule has 2 fully saturated rings. The summed E-state index contributed by atoms with van der Waals surface area (Å²) in [7, 11) is 0. The molecule has 2 atom stereocenters. The molecule has 1 saturated heterocycles. The van der Waals surface area contributed by atoms with E-state index in [1.807, 2.05) is 0 Å². The Morgan fingerprint density at radius 3 is 2.31 bits per heavy atom. The van der Waals surface area contributed by atoms with Crippen molar-refractivity contribution < 1.29 is 18.0 Å². The number of halogens is 3. The number of hydrogen-bond donors (Lipinski definition) is 1. The second-order valence-electron chi connectivity index (χ2n) is 7.93. The van der Waals surface area contributed by atoms with E-state index in [9.17, 15) is 18.0 Å². The minimum Gasteiger partial charge on any atom is -0.361 e. The molecular weight excluding hydrogens is 379 g/mol. The molecule has 2 aliphatic rings. The third-order valence-corrected chi connectivity index (χ3v) is 5.72. The van der Waals surface area contributed by atoms with E-state index in [4.69, 9.17) is 0 Å². The topological polar surface area (TPSA) is 45.2 Å². The largest absolute Gasteiger partial charge is 0.433 e. The highest BCUT2D eigenvalue weighted by Gasteiger charge is 2.36. The van der Waals surface area contributed by atoms with Crippen molar-refractivity contribution in [3.63, 3.8) is 0 Å². The van der Waals surface area contributed by atoms with Gasteiger partial charge in [0.05, 0.1) is 24.0 Å². The first kappa shape index (κ1) is 19.7. The van der Waals surface area contributed by atoms with Crippen molar-refractivity contribution in [3.8, 4) is 0 Å². The van der Waals surface area contributed by atoms with Crippen LogP contribution in [0.25, 0.3) is 0 Å². The number of benzene rings is 1. The van der Waals surface area contributed by atoms with Crippen molar-refractivity contribution in [2.45, 2.75) is 56.8 Å². The van der Waals surface area contributed by atoms with Crippen LogP contribution in [-0.4, -0.2) is 23.5 Å². The van der Waals surface area contributed by atoms with Crippen LogP contribution in [-0.2, 0) is 11.0 Å². The van der Waals surface area contributed by atoms with Gasteiger partial charge in [-0.2, -0.15) is 13.2 Å². The summed E-state index contributed by atoms with van der Waals surface area (Å²) >= 11 is 0. The minimum absolute atomic E-state index is 0.109. The van der Waals surface area contributed by atoms with Gasteiger partial charge in [-0.05, 0) is 54.9 Å². The molecule has 1 aliphatic carbocycles. The van der Waals surface area contributed by atoms with Crippen LogP contribution >= 0.6 is 0 Å². The number of carbonyl (C=O) groups is 1. The monoisotopic (exact) mass is 403 g/mol. The molecule has 4 rings (SSSR count). The van der Waals surface area contributed by atoms with Crippen molar-refractivity contribution in [1.82, 2.24) is 10.3 Å². The lowest BCUT2D eigenvalue weighted by Crippen LogP contribution is -2.49. The Bertz CT molecular complexity index is 860. The predicted molar refractivity (Wildman–Crippen MR) is 105 cm³/mol. The first-order chi connectivity index (χ1) is 13.8. The summed E-state index contributed by atoms with van der Waals surface area (Å²) in [6.07, 6.45) is 0.921. The molecule has 1 aromatic carbocycles. The second-order valence-corrected chi connectivity index (χ2v) is 7.93. The highest BCUT2D eigenvalue weighted by Crippen LogP contribution is 2.41. The summed E-state index contributed by atoms with van der Waals surface area (Å²) in [5, 5.41) is 3.03. The Morgan fingerprint density at radius 1 is 1.07 bits per heavy atom. The van der Waals surface area contributed by atoms with Crippen molar-refractivity contribution >= 4 is 11.6 Å². The molecule has 4 nitrogen and oxygen atoms in total. The van der Waals surface area contributed by atoms with E-state index in [-0.39, 0.29) is 18.0 Å². The van der Waals surface area contributed by atoms with E-state index in [1.54, 1.807) is 0 Å². The van der Waals surface area contributed by atoms with Crippen LogP contribution in [0.1, 0.15) is 61.4 Å². The average Bonchev–Trinajstić information content (AvgIpc) is 3.52. The van der Waals surface area contributed by atoms with Gasteiger partial charge in [0.25, 0.3) is 0 Å².